The van der Waals surface area contributed by atoms with Crippen LogP contribution < -0.4 is 0 Å². The molecule has 0 bridgehead atoms. The van der Waals surface area contributed by atoms with Gasteiger partial charge in [-0.1, -0.05) is 30.3 Å². The van der Waals surface area contributed by atoms with Gasteiger partial charge in [0.25, 0.3) is 0 Å². The van der Waals surface area contributed by atoms with Crippen molar-refractivity contribution in [3.05, 3.63) is 47.1 Å². The molecule has 0 aliphatic heterocycles. The fourth-order valence-corrected chi connectivity index (χ4v) is 3.46. The van der Waals surface area contributed by atoms with Crippen LogP contribution in [-0.2, 0) is 0 Å². The fourth-order valence-electron chi connectivity index (χ4n) is 2.44. The van der Waals surface area contributed by atoms with E-state index in [0.29, 0.717) is 0 Å². The Kier molecular flexibility index (Phi) is 2.37. The van der Waals surface area contributed by atoms with Crippen LogP contribution in [0.2, 0.25) is 0 Å². The van der Waals surface area contributed by atoms with Crippen LogP contribution in [0.5, 0.6) is 0 Å². The number of nitrogens with zero attached hydrogens (tertiary/aromatic N) is 4. The fraction of sp³-hybridized carbons (Fsp3) is 0.133. The largest absolute Gasteiger partial charge is 0.217 e. The minimum absolute atomic E-state index is 0.840. The van der Waals surface area contributed by atoms with E-state index in [1.54, 1.807) is 17.7 Å². The van der Waals surface area contributed by atoms with Crippen LogP contribution in [0, 0.1) is 13.8 Å². The number of fused-ring (bicyclic) bond motifs is 3. The molecule has 3 aromatic heterocycles. The number of hydrogen-bond donors (Lipinski definition) is 0. The number of hydrogen-bond acceptors (Lipinski definition) is 4. The summed E-state index contributed by atoms with van der Waals surface area (Å²) in [6.07, 6.45) is 1.59. The van der Waals surface area contributed by atoms with Gasteiger partial charge in [0.05, 0.1) is 5.39 Å². The minimum atomic E-state index is 0.840. The summed E-state index contributed by atoms with van der Waals surface area (Å²) in [6.45, 7) is 4.24. The molecule has 0 aliphatic carbocycles. The normalized spacial score (nSPS) is 11.5. The topological polar surface area (TPSA) is 43.1 Å². The molecule has 20 heavy (non-hydrogen) atoms. The predicted octanol–water partition coefficient (Wildman–Crippen LogP) is 3.62. The van der Waals surface area contributed by atoms with Gasteiger partial charge >= 0.3 is 0 Å². The number of rotatable bonds is 1. The first-order chi connectivity index (χ1) is 9.75. The van der Waals surface area contributed by atoms with Gasteiger partial charge in [0, 0.05) is 10.4 Å². The number of benzene rings is 1. The third-order valence-electron chi connectivity index (χ3n) is 3.58. The van der Waals surface area contributed by atoms with Gasteiger partial charge in [-0.2, -0.15) is 9.61 Å². The molecule has 0 unspecified atom stereocenters. The second-order valence-electron chi connectivity index (χ2n) is 4.76. The molecule has 0 saturated heterocycles. The summed E-state index contributed by atoms with van der Waals surface area (Å²) in [5.41, 5.74) is 3.18. The summed E-state index contributed by atoms with van der Waals surface area (Å²) < 4.78 is 1.83. The lowest BCUT2D eigenvalue weighted by Crippen LogP contribution is -1.98. The highest BCUT2D eigenvalue weighted by Gasteiger charge is 2.16. The lowest BCUT2D eigenvalue weighted by molar-refractivity contribution is 0.946. The van der Waals surface area contributed by atoms with Crippen LogP contribution >= 0.6 is 11.3 Å². The molecular weight excluding hydrogens is 268 g/mol. The summed E-state index contributed by atoms with van der Waals surface area (Å²) in [5.74, 6) is 0.840. The lowest BCUT2D eigenvalue weighted by atomic mass is 10.2. The Bertz CT molecular complexity index is 921. The van der Waals surface area contributed by atoms with Crippen molar-refractivity contribution in [1.82, 2.24) is 19.6 Å². The van der Waals surface area contributed by atoms with Gasteiger partial charge in [-0.15, -0.1) is 11.3 Å². The Morgan fingerprint density at radius 3 is 2.70 bits per heavy atom. The molecule has 0 atom stereocenters. The highest BCUT2D eigenvalue weighted by Crippen LogP contribution is 2.33. The van der Waals surface area contributed by atoms with Crippen molar-refractivity contribution in [3.63, 3.8) is 0 Å². The van der Waals surface area contributed by atoms with Crippen molar-refractivity contribution in [3.8, 4) is 11.4 Å². The van der Waals surface area contributed by atoms with Crippen molar-refractivity contribution in [2.45, 2.75) is 13.8 Å². The van der Waals surface area contributed by atoms with Gasteiger partial charge in [-0.3, -0.25) is 0 Å². The van der Waals surface area contributed by atoms with Crippen molar-refractivity contribution >= 4 is 27.2 Å². The van der Waals surface area contributed by atoms with Crippen molar-refractivity contribution in [2.24, 2.45) is 0 Å². The van der Waals surface area contributed by atoms with E-state index in [1.807, 2.05) is 34.8 Å². The van der Waals surface area contributed by atoms with Crippen LogP contribution in [0.15, 0.2) is 36.7 Å². The van der Waals surface area contributed by atoms with Crippen molar-refractivity contribution in [1.29, 1.82) is 0 Å². The molecule has 0 radical (unpaired) electrons. The average molecular weight is 280 g/mol. The summed E-state index contributed by atoms with van der Waals surface area (Å²) in [7, 11) is 0. The van der Waals surface area contributed by atoms with Gasteiger partial charge in [-0.05, 0) is 19.4 Å². The smallest absolute Gasteiger partial charge is 0.168 e. The molecule has 3 heterocycles. The quantitative estimate of drug-likeness (QED) is 0.535. The maximum absolute atomic E-state index is 4.81. The Morgan fingerprint density at radius 1 is 1.10 bits per heavy atom. The molecule has 1 aromatic carbocycles. The van der Waals surface area contributed by atoms with Crippen LogP contribution in [0.25, 0.3) is 27.3 Å². The molecule has 0 aliphatic rings. The number of thiophene rings is 1. The zero-order valence-corrected chi connectivity index (χ0v) is 12.0. The van der Waals surface area contributed by atoms with Crippen LogP contribution in [0.3, 0.4) is 0 Å². The number of aryl methyl sites for hydroxylation is 2. The molecule has 4 nitrogen and oxygen atoms in total. The highest BCUT2D eigenvalue weighted by atomic mass is 32.1. The number of aromatic nitrogens is 4. The monoisotopic (exact) mass is 280 g/mol. The van der Waals surface area contributed by atoms with E-state index in [4.69, 9.17) is 4.98 Å². The predicted molar refractivity (Wildman–Crippen MR) is 81.1 cm³/mol. The van der Waals surface area contributed by atoms with E-state index in [2.05, 4.69) is 23.9 Å². The Morgan fingerprint density at radius 2 is 1.90 bits per heavy atom. The Labute approximate surface area is 119 Å². The first-order valence-electron chi connectivity index (χ1n) is 6.40. The van der Waals surface area contributed by atoms with E-state index in [-0.39, 0.29) is 0 Å². The molecular formula is C15H12N4S. The van der Waals surface area contributed by atoms with Gasteiger partial charge in [-0.25, -0.2) is 9.97 Å². The zero-order valence-electron chi connectivity index (χ0n) is 11.2. The molecule has 98 valence electrons. The molecule has 0 amide bonds. The van der Waals surface area contributed by atoms with Crippen LogP contribution in [-0.4, -0.2) is 19.6 Å². The molecule has 4 rings (SSSR count). The molecule has 0 N–H and O–H groups in total. The third kappa shape index (κ3) is 1.50. The Hall–Kier alpha value is -2.27. The average Bonchev–Trinajstić information content (AvgIpc) is 3.05. The first-order valence-corrected chi connectivity index (χ1v) is 7.22. The second kappa shape index (κ2) is 4.11. The summed E-state index contributed by atoms with van der Waals surface area (Å²) in [4.78, 5) is 11.5. The van der Waals surface area contributed by atoms with Gasteiger partial charge in [0.2, 0.25) is 0 Å². The zero-order chi connectivity index (χ0) is 13.7. The van der Waals surface area contributed by atoms with Gasteiger partial charge < -0.3 is 0 Å². The summed E-state index contributed by atoms with van der Waals surface area (Å²) >= 11 is 1.71. The minimum Gasteiger partial charge on any atom is -0.217 e. The summed E-state index contributed by atoms with van der Waals surface area (Å²) in [6, 6.07) is 10.1. The standard InChI is InChI=1S/C15H12N4S/c1-9-10(2)20-15-12(9)14-16-8-17-19(14)13(18-15)11-6-4-3-5-7-11/h3-8H,1-2H3. The highest BCUT2D eigenvalue weighted by molar-refractivity contribution is 7.18. The maximum atomic E-state index is 4.81. The molecule has 0 fully saturated rings. The van der Waals surface area contributed by atoms with E-state index < -0.39 is 0 Å². The first kappa shape index (κ1) is 11.5. The van der Waals surface area contributed by atoms with E-state index in [1.165, 1.54) is 10.4 Å². The maximum Gasteiger partial charge on any atom is 0.168 e. The third-order valence-corrected chi connectivity index (χ3v) is 4.68. The van der Waals surface area contributed by atoms with Crippen molar-refractivity contribution in [2.75, 3.05) is 0 Å². The SMILES string of the molecule is Cc1sc2nc(-c3ccccc3)n3ncnc3c2c1C. The second-order valence-corrected chi connectivity index (χ2v) is 5.96. The van der Waals surface area contributed by atoms with E-state index >= 15 is 0 Å². The lowest BCUT2D eigenvalue weighted by Gasteiger charge is -2.04. The molecule has 5 heteroatoms. The molecule has 4 aromatic rings. The van der Waals surface area contributed by atoms with Gasteiger partial charge in [0.15, 0.2) is 11.5 Å². The molecule has 0 spiro atoms. The van der Waals surface area contributed by atoms with Crippen LogP contribution in [0.1, 0.15) is 10.4 Å². The van der Waals surface area contributed by atoms with E-state index in [9.17, 15) is 0 Å². The van der Waals surface area contributed by atoms with Crippen LogP contribution in [0.4, 0.5) is 0 Å². The van der Waals surface area contributed by atoms with E-state index in [0.717, 1.165) is 27.3 Å². The molecule has 0 saturated carbocycles. The van der Waals surface area contributed by atoms with Gasteiger partial charge in [0.1, 0.15) is 11.2 Å². The van der Waals surface area contributed by atoms with Crippen molar-refractivity contribution < 1.29 is 0 Å². The summed E-state index contributed by atoms with van der Waals surface area (Å²) in [5, 5.41) is 5.46. The Balaban J connectivity index is 2.18.